The van der Waals surface area contributed by atoms with Gasteiger partial charge in [0.15, 0.2) is 0 Å². The van der Waals surface area contributed by atoms with Gasteiger partial charge in [-0.2, -0.15) is 4.31 Å². The standard InChI is InChI=1S/C11H20N2O4S/c1-17-11(14)3-2-6-18(15,16)13-5-4-9-7-12-8-10(9)13/h9-10,12H,2-8H2,1H3/t9-,10+/m0/s1. The van der Waals surface area contributed by atoms with Gasteiger partial charge < -0.3 is 10.1 Å². The van der Waals surface area contributed by atoms with Crippen molar-refractivity contribution in [2.24, 2.45) is 5.92 Å². The molecule has 0 aromatic heterocycles. The normalized spacial score (nSPS) is 28.3. The van der Waals surface area contributed by atoms with Gasteiger partial charge in [0.05, 0.1) is 12.9 Å². The van der Waals surface area contributed by atoms with Gasteiger partial charge in [-0.15, -0.1) is 0 Å². The van der Waals surface area contributed by atoms with Gasteiger partial charge in [-0.1, -0.05) is 0 Å². The van der Waals surface area contributed by atoms with Crippen LogP contribution in [0, 0.1) is 5.92 Å². The second kappa shape index (κ2) is 5.54. The first-order valence-corrected chi connectivity index (χ1v) is 7.92. The number of carbonyl (C=O) groups is 1. The maximum Gasteiger partial charge on any atom is 0.305 e. The van der Waals surface area contributed by atoms with Gasteiger partial charge >= 0.3 is 5.97 Å². The Morgan fingerprint density at radius 1 is 1.44 bits per heavy atom. The topological polar surface area (TPSA) is 75.7 Å². The number of sulfonamides is 1. The largest absolute Gasteiger partial charge is 0.469 e. The Balaban J connectivity index is 1.88. The molecule has 0 aromatic rings. The van der Waals surface area contributed by atoms with Crippen molar-refractivity contribution >= 4 is 16.0 Å². The number of nitrogens with one attached hydrogen (secondary N) is 1. The van der Waals surface area contributed by atoms with Gasteiger partial charge in [0.2, 0.25) is 10.0 Å². The van der Waals surface area contributed by atoms with E-state index in [9.17, 15) is 13.2 Å². The molecule has 0 amide bonds. The molecule has 18 heavy (non-hydrogen) atoms. The SMILES string of the molecule is COC(=O)CCCS(=O)(=O)N1CC[C@H]2CNC[C@H]21. The van der Waals surface area contributed by atoms with E-state index in [-0.39, 0.29) is 24.2 Å². The highest BCUT2D eigenvalue weighted by Gasteiger charge is 2.42. The van der Waals surface area contributed by atoms with E-state index in [1.165, 1.54) is 7.11 Å². The van der Waals surface area contributed by atoms with Crippen LogP contribution in [0.4, 0.5) is 0 Å². The predicted molar refractivity (Wildman–Crippen MR) is 66.5 cm³/mol. The van der Waals surface area contributed by atoms with Crippen molar-refractivity contribution in [1.82, 2.24) is 9.62 Å². The summed E-state index contributed by atoms with van der Waals surface area (Å²) in [5.74, 6) is 0.137. The molecule has 2 fully saturated rings. The summed E-state index contributed by atoms with van der Waals surface area (Å²) in [6.07, 6.45) is 1.43. The first-order valence-electron chi connectivity index (χ1n) is 6.31. The first kappa shape index (κ1) is 13.8. The Morgan fingerprint density at radius 2 is 2.22 bits per heavy atom. The number of carbonyl (C=O) groups excluding carboxylic acids is 1. The lowest BCUT2D eigenvalue weighted by atomic mass is 10.1. The van der Waals surface area contributed by atoms with Crippen LogP contribution < -0.4 is 5.32 Å². The molecule has 0 saturated carbocycles. The third-order valence-electron chi connectivity index (χ3n) is 3.76. The molecule has 0 radical (unpaired) electrons. The second-order valence-corrected chi connectivity index (χ2v) is 6.92. The number of hydrogen-bond donors (Lipinski definition) is 1. The highest BCUT2D eigenvalue weighted by molar-refractivity contribution is 7.89. The molecule has 2 rings (SSSR count). The number of esters is 1. The maximum atomic E-state index is 12.2. The van der Waals surface area contributed by atoms with E-state index >= 15 is 0 Å². The molecular weight excluding hydrogens is 256 g/mol. The van der Waals surface area contributed by atoms with E-state index in [0.717, 1.165) is 19.5 Å². The molecule has 1 N–H and O–H groups in total. The zero-order valence-electron chi connectivity index (χ0n) is 10.6. The zero-order chi connectivity index (χ0) is 13.2. The highest BCUT2D eigenvalue weighted by atomic mass is 32.2. The van der Waals surface area contributed by atoms with E-state index < -0.39 is 10.0 Å². The van der Waals surface area contributed by atoms with Crippen LogP contribution in [0.1, 0.15) is 19.3 Å². The Bertz CT molecular complexity index is 409. The van der Waals surface area contributed by atoms with Crippen molar-refractivity contribution in [3.63, 3.8) is 0 Å². The van der Waals surface area contributed by atoms with Crippen LogP contribution in [0.3, 0.4) is 0 Å². The van der Waals surface area contributed by atoms with Gasteiger partial charge in [-0.3, -0.25) is 4.79 Å². The molecule has 2 heterocycles. The third-order valence-corrected chi connectivity index (χ3v) is 5.74. The Hall–Kier alpha value is -0.660. The van der Waals surface area contributed by atoms with Crippen molar-refractivity contribution in [3.8, 4) is 0 Å². The number of rotatable bonds is 5. The second-order valence-electron chi connectivity index (χ2n) is 4.88. The lowest BCUT2D eigenvalue weighted by Gasteiger charge is -2.22. The van der Waals surface area contributed by atoms with Gasteiger partial charge in [0.25, 0.3) is 0 Å². The summed E-state index contributed by atoms with van der Waals surface area (Å²) < 4.78 is 30.5. The average Bonchev–Trinajstić information content (AvgIpc) is 2.89. The summed E-state index contributed by atoms with van der Waals surface area (Å²) in [7, 11) is -1.92. The highest BCUT2D eigenvalue weighted by Crippen LogP contribution is 2.29. The van der Waals surface area contributed by atoms with Gasteiger partial charge in [-0.25, -0.2) is 8.42 Å². The molecule has 0 unspecified atom stereocenters. The quantitative estimate of drug-likeness (QED) is 0.689. The Morgan fingerprint density at radius 3 is 2.94 bits per heavy atom. The molecule has 2 atom stereocenters. The molecule has 0 aliphatic carbocycles. The molecule has 2 aliphatic heterocycles. The fraction of sp³-hybridized carbons (Fsp3) is 0.909. The summed E-state index contributed by atoms with van der Waals surface area (Å²) in [5, 5.41) is 3.23. The van der Waals surface area contributed by atoms with E-state index in [1.54, 1.807) is 4.31 Å². The molecule has 0 aromatic carbocycles. The van der Waals surface area contributed by atoms with Crippen molar-refractivity contribution in [1.29, 1.82) is 0 Å². The Kier molecular flexibility index (Phi) is 4.24. The van der Waals surface area contributed by atoms with Crippen molar-refractivity contribution in [2.75, 3.05) is 32.5 Å². The molecule has 0 bridgehead atoms. The summed E-state index contributed by atoms with van der Waals surface area (Å²) in [6, 6.07) is 0.119. The Labute approximate surface area is 108 Å². The maximum absolute atomic E-state index is 12.2. The number of hydrogen-bond acceptors (Lipinski definition) is 5. The van der Waals surface area contributed by atoms with Crippen LogP contribution >= 0.6 is 0 Å². The number of nitrogens with zero attached hydrogens (tertiary/aromatic N) is 1. The fourth-order valence-electron chi connectivity index (χ4n) is 2.77. The van der Waals surface area contributed by atoms with E-state index in [0.29, 0.717) is 18.9 Å². The van der Waals surface area contributed by atoms with Crippen LogP contribution in [0.25, 0.3) is 0 Å². The predicted octanol–water partition coefficient (Wildman–Crippen LogP) is -0.437. The van der Waals surface area contributed by atoms with Crippen molar-refractivity contribution in [2.45, 2.75) is 25.3 Å². The van der Waals surface area contributed by atoms with E-state index in [2.05, 4.69) is 10.1 Å². The molecule has 2 aliphatic rings. The van der Waals surface area contributed by atoms with Crippen LogP contribution in [-0.4, -0.2) is 57.2 Å². The van der Waals surface area contributed by atoms with Gasteiger partial charge in [0.1, 0.15) is 0 Å². The number of methoxy groups -OCH3 is 1. The lowest BCUT2D eigenvalue weighted by molar-refractivity contribution is -0.140. The number of fused-ring (bicyclic) bond motifs is 1. The van der Waals surface area contributed by atoms with Crippen LogP contribution in [-0.2, 0) is 19.6 Å². The summed E-state index contributed by atoms with van der Waals surface area (Å²) in [5.41, 5.74) is 0. The molecule has 2 saturated heterocycles. The average molecular weight is 276 g/mol. The zero-order valence-corrected chi connectivity index (χ0v) is 11.4. The molecule has 7 heteroatoms. The van der Waals surface area contributed by atoms with Crippen LogP contribution in [0.5, 0.6) is 0 Å². The fourth-order valence-corrected chi connectivity index (χ4v) is 4.56. The van der Waals surface area contributed by atoms with Gasteiger partial charge in [-0.05, 0) is 25.3 Å². The minimum atomic E-state index is -3.23. The van der Waals surface area contributed by atoms with Crippen LogP contribution in [0.15, 0.2) is 0 Å². The summed E-state index contributed by atoms with van der Waals surface area (Å²) in [6.45, 7) is 2.29. The minimum Gasteiger partial charge on any atom is -0.469 e. The smallest absolute Gasteiger partial charge is 0.305 e. The lowest BCUT2D eigenvalue weighted by Crippen LogP contribution is -2.40. The monoisotopic (exact) mass is 276 g/mol. The summed E-state index contributed by atoms with van der Waals surface area (Å²) in [4.78, 5) is 11.0. The van der Waals surface area contributed by atoms with Crippen molar-refractivity contribution in [3.05, 3.63) is 0 Å². The van der Waals surface area contributed by atoms with Gasteiger partial charge in [0, 0.05) is 25.6 Å². The molecule has 104 valence electrons. The molecule has 0 spiro atoms. The summed E-state index contributed by atoms with van der Waals surface area (Å²) >= 11 is 0. The molecular formula is C11H20N2O4S. The van der Waals surface area contributed by atoms with E-state index in [1.807, 2.05) is 0 Å². The molecule has 6 nitrogen and oxygen atoms in total. The number of ether oxygens (including phenoxy) is 1. The van der Waals surface area contributed by atoms with Crippen LogP contribution in [0.2, 0.25) is 0 Å². The third kappa shape index (κ3) is 2.84. The van der Waals surface area contributed by atoms with E-state index in [4.69, 9.17) is 0 Å². The minimum absolute atomic E-state index is 0.0331. The first-order chi connectivity index (χ1) is 8.54. The van der Waals surface area contributed by atoms with Crippen molar-refractivity contribution < 1.29 is 17.9 Å².